The van der Waals surface area contributed by atoms with Crippen LogP contribution in [-0.2, 0) is 13.5 Å². The van der Waals surface area contributed by atoms with Crippen molar-refractivity contribution in [3.8, 4) is 0 Å². The van der Waals surface area contributed by atoms with Crippen LogP contribution in [0.4, 0.5) is 0 Å². The minimum atomic E-state index is -0.790. The molecular weight excluding hydrogens is 344 g/mol. The molecule has 0 atom stereocenters. The predicted molar refractivity (Wildman–Crippen MR) is 81.1 cm³/mol. The zero-order chi connectivity index (χ0) is 14.7. The summed E-state index contributed by atoms with van der Waals surface area (Å²) in [6.45, 7) is 0.592. The summed E-state index contributed by atoms with van der Waals surface area (Å²) >= 11 is 4.78. The van der Waals surface area contributed by atoms with Crippen LogP contribution in [0.3, 0.4) is 0 Å². The number of rotatable bonds is 4. The Bertz CT molecular complexity index is 741. The second-order valence-electron chi connectivity index (χ2n) is 4.10. The van der Waals surface area contributed by atoms with Gasteiger partial charge in [-0.25, -0.2) is 0 Å². The van der Waals surface area contributed by atoms with Crippen molar-refractivity contribution >= 4 is 27.7 Å². The maximum absolute atomic E-state index is 11.3. The van der Waals surface area contributed by atoms with E-state index in [1.54, 1.807) is 7.05 Å². The molecule has 106 valence electrons. The first-order valence-electron chi connectivity index (χ1n) is 5.85. The molecule has 1 aromatic heterocycles. The lowest BCUT2D eigenvalue weighted by Crippen LogP contribution is -2.33. The van der Waals surface area contributed by atoms with Crippen LogP contribution in [0.25, 0.3) is 0 Å². The molecule has 0 saturated heterocycles. The standard InChI is InChI=1S/C12H13BrN4O2S/c1-17-12(15-10(18)11(19)16-17)20-9-3-2-7(4-5-14)6-8(9)13/h2-3,6H,4-5,14H2,1H3,(H,16,19). The van der Waals surface area contributed by atoms with Crippen LogP contribution < -0.4 is 16.9 Å². The number of benzene rings is 1. The number of aromatic nitrogens is 3. The van der Waals surface area contributed by atoms with Crippen LogP contribution in [-0.4, -0.2) is 21.3 Å². The van der Waals surface area contributed by atoms with Gasteiger partial charge in [0.05, 0.1) is 0 Å². The summed E-state index contributed by atoms with van der Waals surface area (Å²) in [5.41, 5.74) is 5.13. The Morgan fingerprint density at radius 3 is 2.85 bits per heavy atom. The van der Waals surface area contributed by atoms with E-state index in [4.69, 9.17) is 5.73 Å². The fourth-order valence-electron chi connectivity index (χ4n) is 1.60. The quantitative estimate of drug-likeness (QED) is 0.793. The molecule has 6 nitrogen and oxygen atoms in total. The summed E-state index contributed by atoms with van der Waals surface area (Å²) in [5.74, 6) is 0. The number of aryl methyl sites for hydroxylation is 1. The van der Waals surface area contributed by atoms with E-state index in [1.807, 2.05) is 18.2 Å². The summed E-state index contributed by atoms with van der Waals surface area (Å²) < 4.78 is 2.32. The first-order valence-corrected chi connectivity index (χ1v) is 7.46. The number of halogens is 1. The molecule has 0 unspecified atom stereocenters. The number of nitrogens with zero attached hydrogens (tertiary/aromatic N) is 2. The van der Waals surface area contributed by atoms with Gasteiger partial charge in [-0.15, -0.1) is 0 Å². The van der Waals surface area contributed by atoms with E-state index in [0.29, 0.717) is 11.7 Å². The average molecular weight is 357 g/mol. The fourth-order valence-corrected chi connectivity index (χ4v) is 3.07. The number of hydrogen-bond donors (Lipinski definition) is 2. The molecule has 0 aliphatic carbocycles. The molecule has 0 amide bonds. The van der Waals surface area contributed by atoms with Crippen molar-refractivity contribution in [3.05, 3.63) is 48.9 Å². The second-order valence-corrected chi connectivity index (χ2v) is 5.97. The van der Waals surface area contributed by atoms with Gasteiger partial charge in [0.1, 0.15) is 0 Å². The molecule has 0 spiro atoms. The Hall–Kier alpha value is -1.38. The Kier molecular flexibility index (Phi) is 4.79. The molecule has 20 heavy (non-hydrogen) atoms. The molecular formula is C12H13BrN4O2S. The SMILES string of the molecule is Cn1[nH]c(=O)c(=O)nc1Sc1ccc(CCN)cc1Br. The maximum atomic E-state index is 11.3. The van der Waals surface area contributed by atoms with Crippen molar-refractivity contribution in [1.82, 2.24) is 14.8 Å². The van der Waals surface area contributed by atoms with Crippen LogP contribution in [0, 0.1) is 0 Å². The van der Waals surface area contributed by atoms with Crippen molar-refractivity contribution < 1.29 is 0 Å². The lowest BCUT2D eigenvalue weighted by Gasteiger charge is -2.08. The van der Waals surface area contributed by atoms with Crippen LogP contribution >= 0.6 is 27.7 Å². The van der Waals surface area contributed by atoms with Gasteiger partial charge in [0.25, 0.3) is 0 Å². The maximum Gasteiger partial charge on any atom is 0.339 e. The highest BCUT2D eigenvalue weighted by Gasteiger charge is 2.09. The Morgan fingerprint density at radius 1 is 1.45 bits per heavy atom. The van der Waals surface area contributed by atoms with Gasteiger partial charge >= 0.3 is 11.1 Å². The van der Waals surface area contributed by atoms with Gasteiger partial charge in [-0.1, -0.05) is 6.07 Å². The van der Waals surface area contributed by atoms with Crippen molar-refractivity contribution in [2.75, 3.05) is 6.54 Å². The fraction of sp³-hybridized carbons (Fsp3) is 0.250. The number of nitrogens with one attached hydrogen (secondary N) is 1. The lowest BCUT2D eigenvalue weighted by molar-refractivity contribution is 0.596. The van der Waals surface area contributed by atoms with E-state index in [-0.39, 0.29) is 0 Å². The molecule has 0 bridgehead atoms. The molecule has 0 fully saturated rings. The third kappa shape index (κ3) is 3.38. The molecule has 0 aliphatic rings. The molecule has 1 aromatic carbocycles. The molecule has 8 heteroatoms. The van der Waals surface area contributed by atoms with Gasteiger partial charge in [0.15, 0.2) is 5.16 Å². The van der Waals surface area contributed by atoms with Crippen molar-refractivity contribution in [2.45, 2.75) is 16.5 Å². The number of hydrogen-bond acceptors (Lipinski definition) is 5. The molecule has 0 aliphatic heterocycles. The van der Waals surface area contributed by atoms with Crippen LogP contribution in [0.5, 0.6) is 0 Å². The van der Waals surface area contributed by atoms with E-state index in [9.17, 15) is 9.59 Å². The second kappa shape index (κ2) is 6.38. The molecule has 0 saturated carbocycles. The summed E-state index contributed by atoms with van der Waals surface area (Å²) in [4.78, 5) is 27.1. The van der Waals surface area contributed by atoms with Gasteiger partial charge in [-0.3, -0.25) is 19.4 Å². The van der Waals surface area contributed by atoms with Crippen LogP contribution in [0.2, 0.25) is 0 Å². The number of aromatic amines is 1. The van der Waals surface area contributed by atoms with Crippen LogP contribution in [0.15, 0.2) is 42.3 Å². The first-order chi connectivity index (χ1) is 9.51. The van der Waals surface area contributed by atoms with E-state index < -0.39 is 11.1 Å². The minimum Gasteiger partial charge on any atom is -0.330 e. The normalized spacial score (nSPS) is 10.8. The highest BCUT2D eigenvalue weighted by molar-refractivity contribution is 9.10. The Balaban J connectivity index is 2.33. The highest BCUT2D eigenvalue weighted by atomic mass is 79.9. The summed E-state index contributed by atoms with van der Waals surface area (Å²) in [6.07, 6.45) is 0.805. The highest BCUT2D eigenvalue weighted by Crippen LogP contribution is 2.32. The van der Waals surface area contributed by atoms with Crippen molar-refractivity contribution in [2.24, 2.45) is 12.8 Å². The topological polar surface area (TPSA) is 93.8 Å². The zero-order valence-corrected chi connectivity index (χ0v) is 13.1. The smallest absolute Gasteiger partial charge is 0.330 e. The third-order valence-electron chi connectivity index (χ3n) is 2.58. The van der Waals surface area contributed by atoms with E-state index in [2.05, 4.69) is 26.0 Å². The van der Waals surface area contributed by atoms with E-state index in [1.165, 1.54) is 16.4 Å². The predicted octanol–water partition coefficient (Wildman–Crippen LogP) is 0.883. The van der Waals surface area contributed by atoms with E-state index in [0.717, 1.165) is 21.4 Å². The summed E-state index contributed by atoms with van der Waals surface area (Å²) in [5, 5.41) is 2.83. The molecule has 2 rings (SSSR count). The minimum absolute atomic E-state index is 0.418. The monoisotopic (exact) mass is 356 g/mol. The molecule has 2 aromatic rings. The summed E-state index contributed by atoms with van der Waals surface area (Å²) in [7, 11) is 1.63. The number of nitrogens with two attached hydrogens (primary N) is 1. The van der Waals surface area contributed by atoms with Gasteiger partial charge in [0, 0.05) is 16.4 Å². The van der Waals surface area contributed by atoms with Gasteiger partial charge in [0.2, 0.25) is 0 Å². The van der Waals surface area contributed by atoms with Crippen LogP contribution in [0.1, 0.15) is 5.56 Å². The van der Waals surface area contributed by atoms with Gasteiger partial charge in [-0.05, 0) is 58.4 Å². The molecule has 0 radical (unpaired) electrons. The first kappa shape index (κ1) is 15.0. The Labute approximate surface area is 127 Å². The molecule has 1 heterocycles. The largest absolute Gasteiger partial charge is 0.339 e. The van der Waals surface area contributed by atoms with E-state index >= 15 is 0 Å². The van der Waals surface area contributed by atoms with Gasteiger partial charge < -0.3 is 5.73 Å². The summed E-state index contributed by atoms with van der Waals surface area (Å²) in [6, 6.07) is 5.89. The zero-order valence-electron chi connectivity index (χ0n) is 10.7. The van der Waals surface area contributed by atoms with Gasteiger partial charge in [-0.2, -0.15) is 4.98 Å². The Morgan fingerprint density at radius 2 is 2.20 bits per heavy atom. The number of H-pyrrole nitrogens is 1. The molecule has 3 N–H and O–H groups in total. The lowest BCUT2D eigenvalue weighted by atomic mass is 10.2. The van der Waals surface area contributed by atoms with Crippen molar-refractivity contribution in [3.63, 3.8) is 0 Å². The average Bonchev–Trinajstić information content (AvgIpc) is 2.39. The van der Waals surface area contributed by atoms with Crippen molar-refractivity contribution in [1.29, 1.82) is 0 Å². The third-order valence-corrected chi connectivity index (χ3v) is 4.62.